The third-order valence-corrected chi connectivity index (χ3v) is 2.66. The summed E-state index contributed by atoms with van der Waals surface area (Å²) >= 11 is 0. The summed E-state index contributed by atoms with van der Waals surface area (Å²) in [4.78, 5) is 15.8. The first-order chi connectivity index (χ1) is 7.20. The Labute approximate surface area is 89.9 Å². The standard InChI is InChI=1S/C12H16N2O/c1-3-11(15)10-7-13-12(6-8(10)2)14-9-4-5-9/h6-7,9H,3-5H2,1-2H3,(H,13,14). The van der Waals surface area contributed by atoms with Crippen LogP contribution in [-0.4, -0.2) is 16.8 Å². The summed E-state index contributed by atoms with van der Waals surface area (Å²) in [6, 6.07) is 2.56. The molecule has 1 aromatic heterocycles. The molecule has 0 radical (unpaired) electrons. The van der Waals surface area contributed by atoms with Crippen molar-refractivity contribution in [3.63, 3.8) is 0 Å². The third kappa shape index (κ3) is 2.35. The first kappa shape index (κ1) is 10.1. The first-order valence-corrected chi connectivity index (χ1v) is 5.47. The molecule has 1 aromatic rings. The van der Waals surface area contributed by atoms with Gasteiger partial charge in [-0.25, -0.2) is 4.98 Å². The van der Waals surface area contributed by atoms with Gasteiger partial charge in [-0.3, -0.25) is 4.79 Å². The molecule has 3 nitrogen and oxygen atoms in total. The maximum absolute atomic E-state index is 11.5. The van der Waals surface area contributed by atoms with Crippen LogP contribution in [0.3, 0.4) is 0 Å². The van der Waals surface area contributed by atoms with Gasteiger partial charge in [0, 0.05) is 24.2 Å². The smallest absolute Gasteiger partial charge is 0.164 e. The van der Waals surface area contributed by atoms with E-state index in [9.17, 15) is 4.79 Å². The summed E-state index contributed by atoms with van der Waals surface area (Å²) in [5.41, 5.74) is 1.76. The molecule has 0 aliphatic heterocycles. The number of hydrogen-bond acceptors (Lipinski definition) is 3. The molecule has 0 spiro atoms. The number of nitrogens with one attached hydrogen (secondary N) is 1. The summed E-state index contributed by atoms with van der Waals surface area (Å²) in [7, 11) is 0. The van der Waals surface area contributed by atoms with E-state index in [-0.39, 0.29) is 5.78 Å². The highest BCUT2D eigenvalue weighted by Crippen LogP contribution is 2.24. The van der Waals surface area contributed by atoms with E-state index in [0.717, 1.165) is 16.9 Å². The van der Waals surface area contributed by atoms with Gasteiger partial charge in [0.2, 0.25) is 0 Å². The van der Waals surface area contributed by atoms with Gasteiger partial charge in [0.15, 0.2) is 5.78 Å². The minimum Gasteiger partial charge on any atom is -0.367 e. The van der Waals surface area contributed by atoms with Crippen LogP contribution in [0, 0.1) is 6.92 Å². The van der Waals surface area contributed by atoms with Crippen LogP contribution in [0.5, 0.6) is 0 Å². The summed E-state index contributed by atoms with van der Waals surface area (Å²) in [6.07, 6.45) is 4.69. The highest BCUT2D eigenvalue weighted by molar-refractivity contribution is 5.97. The van der Waals surface area contributed by atoms with E-state index < -0.39 is 0 Å². The molecule has 1 fully saturated rings. The van der Waals surface area contributed by atoms with Crippen molar-refractivity contribution >= 4 is 11.6 Å². The molecule has 1 N–H and O–H groups in total. The second kappa shape index (κ2) is 4.01. The highest BCUT2D eigenvalue weighted by Gasteiger charge is 2.21. The number of pyridine rings is 1. The zero-order valence-electron chi connectivity index (χ0n) is 9.21. The number of carbonyl (C=O) groups excluding carboxylic acids is 1. The lowest BCUT2D eigenvalue weighted by molar-refractivity contribution is 0.0987. The second-order valence-corrected chi connectivity index (χ2v) is 4.08. The molecule has 0 bridgehead atoms. The molecule has 1 heterocycles. The van der Waals surface area contributed by atoms with E-state index in [0.29, 0.717) is 12.5 Å². The fourth-order valence-electron chi connectivity index (χ4n) is 1.55. The van der Waals surface area contributed by atoms with Gasteiger partial charge in [-0.05, 0) is 31.4 Å². The molecule has 0 unspecified atom stereocenters. The highest BCUT2D eigenvalue weighted by atomic mass is 16.1. The topological polar surface area (TPSA) is 42.0 Å². The van der Waals surface area contributed by atoms with Crippen molar-refractivity contribution in [3.05, 3.63) is 23.4 Å². The molecule has 0 amide bonds. The van der Waals surface area contributed by atoms with E-state index in [1.165, 1.54) is 12.8 Å². The summed E-state index contributed by atoms with van der Waals surface area (Å²) in [5.74, 6) is 1.06. The number of aromatic nitrogens is 1. The Bertz CT molecular complexity index is 383. The zero-order valence-corrected chi connectivity index (χ0v) is 9.21. The lowest BCUT2D eigenvalue weighted by Crippen LogP contribution is -2.06. The van der Waals surface area contributed by atoms with Gasteiger partial charge >= 0.3 is 0 Å². The lowest BCUT2D eigenvalue weighted by Gasteiger charge is -2.07. The van der Waals surface area contributed by atoms with E-state index in [1.54, 1.807) is 6.20 Å². The Morgan fingerprint density at radius 1 is 1.60 bits per heavy atom. The van der Waals surface area contributed by atoms with Crippen molar-refractivity contribution in [1.29, 1.82) is 0 Å². The molecule has 0 atom stereocenters. The third-order valence-electron chi connectivity index (χ3n) is 2.66. The summed E-state index contributed by atoms with van der Waals surface area (Å²) < 4.78 is 0. The van der Waals surface area contributed by atoms with Crippen LogP contribution < -0.4 is 5.32 Å². The number of hydrogen-bond donors (Lipinski definition) is 1. The number of rotatable bonds is 4. The zero-order chi connectivity index (χ0) is 10.8. The molecule has 1 aliphatic rings. The largest absolute Gasteiger partial charge is 0.367 e. The molecule has 3 heteroatoms. The fraction of sp³-hybridized carbons (Fsp3) is 0.500. The van der Waals surface area contributed by atoms with E-state index in [2.05, 4.69) is 10.3 Å². The normalized spacial score (nSPS) is 15.1. The Morgan fingerprint density at radius 2 is 2.33 bits per heavy atom. The van der Waals surface area contributed by atoms with Gasteiger partial charge in [-0.15, -0.1) is 0 Å². The Hall–Kier alpha value is -1.38. The van der Waals surface area contributed by atoms with Crippen LogP contribution >= 0.6 is 0 Å². The number of aryl methyl sites for hydroxylation is 1. The molecule has 80 valence electrons. The molecule has 0 aromatic carbocycles. The average molecular weight is 204 g/mol. The van der Waals surface area contributed by atoms with Crippen LogP contribution in [0.15, 0.2) is 12.3 Å². The van der Waals surface area contributed by atoms with Gasteiger partial charge in [0.05, 0.1) is 0 Å². The van der Waals surface area contributed by atoms with Crippen LogP contribution in [0.2, 0.25) is 0 Å². The maximum Gasteiger partial charge on any atom is 0.164 e. The molecular weight excluding hydrogens is 188 g/mol. The van der Waals surface area contributed by atoms with E-state index in [1.807, 2.05) is 19.9 Å². The van der Waals surface area contributed by atoms with Gasteiger partial charge in [-0.2, -0.15) is 0 Å². The van der Waals surface area contributed by atoms with E-state index >= 15 is 0 Å². The second-order valence-electron chi connectivity index (χ2n) is 4.08. The van der Waals surface area contributed by atoms with Crippen molar-refractivity contribution < 1.29 is 4.79 Å². The predicted molar refractivity (Wildman–Crippen MR) is 60.2 cm³/mol. The van der Waals surface area contributed by atoms with Crippen LogP contribution in [0.4, 0.5) is 5.82 Å². The number of ketones is 1. The first-order valence-electron chi connectivity index (χ1n) is 5.47. The van der Waals surface area contributed by atoms with Crippen LogP contribution in [-0.2, 0) is 0 Å². The van der Waals surface area contributed by atoms with Crippen molar-refractivity contribution in [1.82, 2.24) is 4.98 Å². The summed E-state index contributed by atoms with van der Waals surface area (Å²) in [5, 5.41) is 3.32. The van der Waals surface area contributed by atoms with Gasteiger partial charge < -0.3 is 5.32 Å². The van der Waals surface area contributed by atoms with Gasteiger partial charge in [-0.1, -0.05) is 6.92 Å². The van der Waals surface area contributed by atoms with Crippen molar-refractivity contribution in [2.45, 2.75) is 39.2 Å². The molecule has 1 saturated carbocycles. The average Bonchev–Trinajstić information content (AvgIpc) is 3.01. The number of anilines is 1. The number of carbonyl (C=O) groups is 1. The van der Waals surface area contributed by atoms with E-state index in [4.69, 9.17) is 0 Å². The molecule has 1 aliphatic carbocycles. The Morgan fingerprint density at radius 3 is 2.87 bits per heavy atom. The maximum atomic E-state index is 11.5. The Balaban J connectivity index is 2.17. The lowest BCUT2D eigenvalue weighted by atomic mass is 10.1. The van der Waals surface area contributed by atoms with Gasteiger partial charge in [0.25, 0.3) is 0 Å². The fourth-order valence-corrected chi connectivity index (χ4v) is 1.55. The quantitative estimate of drug-likeness (QED) is 0.766. The minimum atomic E-state index is 0.165. The minimum absolute atomic E-state index is 0.165. The Kier molecular flexibility index (Phi) is 2.71. The van der Waals surface area contributed by atoms with Crippen LogP contribution in [0.1, 0.15) is 42.1 Å². The number of Topliss-reactive ketones (excluding diaryl/α,β-unsaturated/α-hetero) is 1. The molecule has 0 saturated heterocycles. The SMILES string of the molecule is CCC(=O)c1cnc(NC2CC2)cc1C. The summed E-state index contributed by atoms with van der Waals surface area (Å²) in [6.45, 7) is 3.83. The molecular formula is C12H16N2O. The van der Waals surface area contributed by atoms with Crippen LogP contribution in [0.25, 0.3) is 0 Å². The van der Waals surface area contributed by atoms with Crippen molar-refractivity contribution in [3.8, 4) is 0 Å². The number of nitrogens with zero attached hydrogens (tertiary/aromatic N) is 1. The van der Waals surface area contributed by atoms with Crippen molar-refractivity contribution in [2.75, 3.05) is 5.32 Å². The molecule has 15 heavy (non-hydrogen) atoms. The monoisotopic (exact) mass is 204 g/mol. The molecule has 2 rings (SSSR count). The predicted octanol–water partition coefficient (Wildman–Crippen LogP) is 2.56. The van der Waals surface area contributed by atoms with Crippen molar-refractivity contribution in [2.24, 2.45) is 0 Å². The van der Waals surface area contributed by atoms with Gasteiger partial charge in [0.1, 0.15) is 5.82 Å².